The van der Waals surface area contributed by atoms with Gasteiger partial charge in [-0.3, -0.25) is 9.78 Å². The number of rotatable bonds is 5. The lowest BCUT2D eigenvalue weighted by Crippen LogP contribution is -2.34. The number of nitrogens with zero attached hydrogens (tertiary/aromatic N) is 2. The smallest absolute Gasteiger partial charge is 0.350 e. The molecule has 8 heteroatoms. The first-order valence-electron chi connectivity index (χ1n) is 8.21. The fraction of sp³-hybridized carbons (Fsp3) is 0.263. The average Bonchev–Trinajstić information content (AvgIpc) is 3.05. The molecular weight excluding hydrogens is 375 g/mol. The molecule has 2 aromatic heterocycles. The van der Waals surface area contributed by atoms with E-state index in [0.29, 0.717) is 6.54 Å². The Morgan fingerprint density at radius 1 is 1.22 bits per heavy atom. The minimum absolute atomic E-state index is 0.0625. The zero-order valence-electron chi connectivity index (χ0n) is 14.7. The number of likely N-dealkylation sites (N-methyl/N-ethyl adjacent to an activating group) is 1. The minimum atomic E-state index is -4.52. The summed E-state index contributed by atoms with van der Waals surface area (Å²) < 4.78 is 38.9. The molecule has 2 heterocycles. The van der Waals surface area contributed by atoms with Gasteiger partial charge in [0, 0.05) is 17.4 Å². The first-order chi connectivity index (χ1) is 12.8. The van der Waals surface area contributed by atoms with Gasteiger partial charge in [-0.05, 0) is 48.6 Å². The standard InChI is InChI=1S/C19H18F3N3OS/c1-25(2)15(14-11-27-16-6-4-3-5-13(14)16)10-24-18(26)12-7-8-17(23-9-12)19(20,21)22/h3-9,11,15H,10H2,1-2H3,(H,24,26)/t15-/m1/s1. The molecule has 0 saturated carbocycles. The van der Waals surface area contributed by atoms with Crippen LogP contribution in [0.1, 0.15) is 27.7 Å². The van der Waals surface area contributed by atoms with Gasteiger partial charge in [-0.25, -0.2) is 0 Å². The predicted octanol–water partition coefficient (Wildman–Crippen LogP) is 4.35. The summed E-state index contributed by atoms with van der Waals surface area (Å²) in [5.41, 5.74) is 0.178. The van der Waals surface area contributed by atoms with Crippen LogP contribution in [0.25, 0.3) is 10.1 Å². The third-order valence-corrected chi connectivity index (χ3v) is 5.25. The van der Waals surface area contributed by atoms with Gasteiger partial charge in [0.05, 0.1) is 11.6 Å². The highest BCUT2D eigenvalue weighted by Gasteiger charge is 2.32. The van der Waals surface area contributed by atoms with E-state index in [1.54, 1.807) is 11.3 Å². The second-order valence-corrected chi connectivity index (χ2v) is 7.22. The molecular formula is C19H18F3N3OS. The van der Waals surface area contributed by atoms with Gasteiger partial charge in [-0.2, -0.15) is 13.2 Å². The number of pyridine rings is 1. The summed E-state index contributed by atoms with van der Waals surface area (Å²) in [6.45, 7) is 0.327. The average molecular weight is 393 g/mol. The number of amides is 1. The van der Waals surface area contributed by atoms with Gasteiger partial charge in [-0.15, -0.1) is 11.3 Å². The molecule has 0 unspecified atom stereocenters. The van der Waals surface area contributed by atoms with Crippen LogP contribution in [0.15, 0.2) is 48.0 Å². The van der Waals surface area contributed by atoms with Crippen LogP contribution in [0.2, 0.25) is 0 Å². The quantitative estimate of drug-likeness (QED) is 0.701. The predicted molar refractivity (Wildman–Crippen MR) is 99.8 cm³/mol. The summed E-state index contributed by atoms with van der Waals surface area (Å²) in [5, 5.41) is 6.00. The fourth-order valence-corrected chi connectivity index (χ4v) is 3.82. The number of nitrogens with one attached hydrogen (secondary N) is 1. The maximum Gasteiger partial charge on any atom is 0.433 e. The molecule has 0 aliphatic heterocycles. The van der Waals surface area contributed by atoms with E-state index in [1.807, 2.05) is 43.3 Å². The lowest BCUT2D eigenvalue weighted by atomic mass is 10.0. The van der Waals surface area contributed by atoms with Crippen molar-refractivity contribution in [1.29, 1.82) is 0 Å². The Labute approximate surface area is 158 Å². The highest BCUT2D eigenvalue weighted by molar-refractivity contribution is 7.17. The summed E-state index contributed by atoms with van der Waals surface area (Å²) in [6.07, 6.45) is -3.58. The molecule has 1 amide bonds. The summed E-state index contributed by atoms with van der Waals surface area (Å²) in [5.74, 6) is -0.456. The molecule has 1 atom stereocenters. The monoisotopic (exact) mass is 393 g/mol. The molecule has 0 saturated heterocycles. The first-order valence-corrected chi connectivity index (χ1v) is 9.09. The molecule has 0 aliphatic rings. The number of aromatic nitrogens is 1. The zero-order chi connectivity index (χ0) is 19.6. The molecule has 1 aromatic carbocycles. The van der Waals surface area contributed by atoms with Gasteiger partial charge in [0.2, 0.25) is 0 Å². The van der Waals surface area contributed by atoms with Crippen molar-refractivity contribution in [2.75, 3.05) is 20.6 Å². The molecule has 27 heavy (non-hydrogen) atoms. The Bertz CT molecular complexity index is 935. The van der Waals surface area contributed by atoms with E-state index >= 15 is 0 Å². The van der Waals surface area contributed by atoms with Crippen molar-refractivity contribution < 1.29 is 18.0 Å². The van der Waals surface area contributed by atoms with Crippen LogP contribution in [0, 0.1) is 0 Å². The number of benzene rings is 1. The van der Waals surface area contributed by atoms with Gasteiger partial charge < -0.3 is 10.2 Å². The number of carbonyl (C=O) groups is 1. The van der Waals surface area contributed by atoms with Crippen molar-refractivity contribution in [3.8, 4) is 0 Å². The SMILES string of the molecule is CN(C)[C@H](CNC(=O)c1ccc(C(F)(F)F)nc1)c1csc2ccccc12. The van der Waals surface area contributed by atoms with Crippen LogP contribution in [0.3, 0.4) is 0 Å². The van der Waals surface area contributed by atoms with Gasteiger partial charge in [-0.1, -0.05) is 18.2 Å². The van der Waals surface area contributed by atoms with E-state index in [4.69, 9.17) is 0 Å². The van der Waals surface area contributed by atoms with Crippen LogP contribution in [0.5, 0.6) is 0 Å². The first kappa shape index (κ1) is 19.3. The summed E-state index contributed by atoms with van der Waals surface area (Å²) >= 11 is 1.64. The second kappa shape index (κ2) is 7.66. The van der Waals surface area contributed by atoms with Gasteiger partial charge in [0.25, 0.3) is 5.91 Å². The van der Waals surface area contributed by atoms with E-state index in [9.17, 15) is 18.0 Å². The number of carbonyl (C=O) groups excluding carboxylic acids is 1. The van der Waals surface area contributed by atoms with E-state index in [2.05, 4.69) is 15.7 Å². The normalized spacial score (nSPS) is 13.1. The van der Waals surface area contributed by atoms with E-state index < -0.39 is 17.8 Å². The number of hydrogen-bond donors (Lipinski definition) is 1. The maximum absolute atomic E-state index is 12.6. The molecule has 1 N–H and O–H groups in total. The Kier molecular flexibility index (Phi) is 5.48. The largest absolute Gasteiger partial charge is 0.433 e. The highest BCUT2D eigenvalue weighted by Crippen LogP contribution is 2.32. The van der Waals surface area contributed by atoms with Crippen molar-refractivity contribution in [3.63, 3.8) is 0 Å². The third-order valence-electron chi connectivity index (χ3n) is 4.27. The number of thiophene rings is 1. The molecule has 0 fully saturated rings. The molecule has 3 rings (SSSR count). The van der Waals surface area contributed by atoms with Crippen molar-refractivity contribution in [2.24, 2.45) is 0 Å². The van der Waals surface area contributed by atoms with Gasteiger partial charge in [0.1, 0.15) is 5.69 Å². The van der Waals surface area contributed by atoms with Crippen LogP contribution in [-0.2, 0) is 6.18 Å². The molecule has 0 aliphatic carbocycles. The molecule has 0 bridgehead atoms. The third kappa shape index (κ3) is 4.28. The molecule has 4 nitrogen and oxygen atoms in total. The molecule has 3 aromatic rings. The Hall–Kier alpha value is -2.45. The van der Waals surface area contributed by atoms with Gasteiger partial charge >= 0.3 is 6.18 Å². The summed E-state index contributed by atoms with van der Waals surface area (Å²) in [6, 6.07) is 9.92. The molecule has 142 valence electrons. The number of alkyl halides is 3. The minimum Gasteiger partial charge on any atom is -0.350 e. The van der Waals surface area contributed by atoms with Crippen molar-refractivity contribution in [1.82, 2.24) is 15.2 Å². The van der Waals surface area contributed by atoms with Crippen molar-refractivity contribution in [3.05, 3.63) is 64.8 Å². The summed E-state index contributed by atoms with van der Waals surface area (Å²) in [7, 11) is 3.84. The Balaban J connectivity index is 1.74. The van der Waals surface area contributed by atoms with E-state index in [0.717, 1.165) is 34.0 Å². The van der Waals surface area contributed by atoms with Crippen LogP contribution >= 0.6 is 11.3 Å². The summed E-state index contributed by atoms with van der Waals surface area (Å²) in [4.78, 5) is 17.6. The second-order valence-electron chi connectivity index (χ2n) is 6.31. The maximum atomic E-state index is 12.6. The van der Waals surface area contributed by atoms with Crippen LogP contribution < -0.4 is 5.32 Å². The van der Waals surface area contributed by atoms with Crippen molar-refractivity contribution >= 4 is 27.3 Å². The highest BCUT2D eigenvalue weighted by atomic mass is 32.1. The van der Waals surface area contributed by atoms with E-state index in [-0.39, 0.29) is 11.6 Å². The number of hydrogen-bond acceptors (Lipinski definition) is 4. The topological polar surface area (TPSA) is 45.2 Å². The van der Waals surface area contributed by atoms with Gasteiger partial charge in [0.15, 0.2) is 0 Å². The van der Waals surface area contributed by atoms with Crippen LogP contribution in [0.4, 0.5) is 13.2 Å². The fourth-order valence-electron chi connectivity index (χ4n) is 2.81. The number of fused-ring (bicyclic) bond motifs is 1. The Morgan fingerprint density at radius 3 is 2.59 bits per heavy atom. The van der Waals surface area contributed by atoms with Crippen LogP contribution in [-0.4, -0.2) is 36.4 Å². The Morgan fingerprint density at radius 2 is 1.96 bits per heavy atom. The van der Waals surface area contributed by atoms with Crippen molar-refractivity contribution in [2.45, 2.75) is 12.2 Å². The molecule has 0 radical (unpaired) electrons. The lowest BCUT2D eigenvalue weighted by molar-refractivity contribution is -0.141. The van der Waals surface area contributed by atoms with E-state index in [1.165, 1.54) is 0 Å². The molecule has 0 spiro atoms. The zero-order valence-corrected chi connectivity index (χ0v) is 15.6. The lowest BCUT2D eigenvalue weighted by Gasteiger charge is -2.24. The number of halogens is 3.